The van der Waals surface area contributed by atoms with Crippen LogP contribution in [0.25, 0.3) is 0 Å². The zero-order valence-corrected chi connectivity index (χ0v) is 12.1. The Labute approximate surface area is 112 Å². The molecule has 0 spiro atoms. The van der Waals surface area contributed by atoms with Crippen LogP contribution >= 0.6 is 11.3 Å². The normalized spacial score (nSPS) is 10.4. The number of nitrogens with two attached hydrogens (primary N) is 1. The van der Waals surface area contributed by atoms with Crippen molar-refractivity contribution in [1.29, 1.82) is 0 Å². The number of carbonyl (C=O) groups is 1. The Morgan fingerprint density at radius 1 is 1.44 bits per heavy atom. The highest BCUT2D eigenvalue weighted by Gasteiger charge is 2.19. The highest BCUT2D eigenvalue weighted by atomic mass is 32.1. The fraction of sp³-hybridized carbons (Fsp3) is 0.667. The van der Waals surface area contributed by atoms with Gasteiger partial charge >= 0.3 is 0 Å². The van der Waals surface area contributed by atoms with Crippen LogP contribution in [-0.2, 0) is 0 Å². The maximum Gasteiger partial charge on any atom is 0.267 e. The van der Waals surface area contributed by atoms with Crippen molar-refractivity contribution in [1.82, 2.24) is 9.88 Å². The second-order valence-electron chi connectivity index (χ2n) is 4.20. The third-order valence-electron chi connectivity index (χ3n) is 2.62. The number of thiazole rings is 1. The van der Waals surface area contributed by atoms with E-state index >= 15 is 0 Å². The van der Waals surface area contributed by atoms with Crippen LogP contribution in [0.2, 0.25) is 0 Å². The van der Waals surface area contributed by atoms with Crippen LogP contribution in [0.5, 0.6) is 0 Å². The van der Waals surface area contributed by atoms with Gasteiger partial charge in [-0.15, -0.1) is 0 Å². The molecule has 0 atom stereocenters. The first kappa shape index (κ1) is 14.8. The van der Waals surface area contributed by atoms with E-state index in [0.717, 1.165) is 32.4 Å². The molecule has 1 rings (SSSR count). The van der Waals surface area contributed by atoms with Crippen LogP contribution in [0.15, 0.2) is 0 Å². The highest BCUT2D eigenvalue weighted by Crippen LogP contribution is 2.25. The Hall–Kier alpha value is -1.30. The number of rotatable bonds is 7. The number of aromatic nitrogens is 1. The number of unbranched alkanes of at least 4 members (excludes halogenated alkanes) is 2. The molecular weight excluding hydrogens is 248 g/mol. The Bertz CT molecular complexity index is 391. The number of hydrogen-bond acceptors (Lipinski definition) is 5. The summed E-state index contributed by atoms with van der Waals surface area (Å²) in [6, 6.07) is 0. The van der Waals surface area contributed by atoms with Crippen LogP contribution in [0.4, 0.5) is 10.9 Å². The molecule has 1 amide bonds. The molecule has 0 saturated heterocycles. The first-order chi connectivity index (χ1) is 8.60. The molecule has 0 aromatic carbocycles. The van der Waals surface area contributed by atoms with E-state index in [2.05, 4.69) is 17.2 Å². The Morgan fingerprint density at radius 3 is 2.78 bits per heavy atom. The Balaban J connectivity index is 2.64. The molecule has 0 fully saturated rings. The molecule has 5 nitrogen and oxygen atoms in total. The van der Waals surface area contributed by atoms with E-state index < -0.39 is 0 Å². The van der Waals surface area contributed by atoms with Crippen LogP contribution in [0, 0.1) is 0 Å². The van der Waals surface area contributed by atoms with Gasteiger partial charge in [-0.1, -0.05) is 31.1 Å². The number of nitrogens with one attached hydrogen (secondary N) is 1. The van der Waals surface area contributed by atoms with Crippen LogP contribution < -0.4 is 11.1 Å². The molecule has 1 heterocycles. The fourth-order valence-corrected chi connectivity index (χ4v) is 2.53. The van der Waals surface area contributed by atoms with Crippen LogP contribution in [-0.4, -0.2) is 35.9 Å². The SMILES string of the molecule is CCCCCN(C)C(=O)c1sc(NCC)nc1N. The minimum absolute atomic E-state index is 0.0368. The lowest BCUT2D eigenvalue weighted by atomic mass is 10.2. The van der Waals surface area contributed by atoms with Crippen molar-refractivity contribution in [2.75, 3.05) is 31.2 Å². The molecule has 0 aliphatic carbocycles. The molecule has 102 valence electrons. The van der Waals surface area contributed by atoms with Crippen molar-refractivity contribution in [2.45, 2.75) is 33.1 Å². The summed E-state index contributed by atoms with van der Waals surface area (Å²) >= 11 is 1.32. The van der Waals surface area contributed by atoms with Gasteiger partial charge < -0.3 is 16.0 Å². The van der Waals surface area contributed by atoms with Gasteiger partial charge in [0.25, 0.3) is 5.91 Å². The van der Waals surface area contributed by atoms with E-state index in [1.165, 1.54) is 11.3 Å². The minimum Gasteiger partial charge on any atom is -0.382 e. The zero-order chi connectivity index (χ0) is 13.5. The van der Waals surface area contributed by atoms with Gasteiger partial charge in [-0.25, -0.2) is 4.98 Å². The zero-order valence-electron chi connectivity index (χ0n) is 11.3. The largest absolute Gasteiger partial charge is 0.382 e. The topological polar surface area (TPSA) is 71.2 Å². The first-order valence-electron chi connectivity index (χ1n) is 6.35. The number of anilines is 2. The summed E-state index contributed by atoms with van der Waals surface area (Å²) in [5.74, 6) is 0.286. The molecule has 1 aromatic heterocycles. The molecule has 6 heteroatoms. The summed E-state index contributed by atoms with van der Waals surface area (Å²) in [6.07, 6.45) is 3.31. The van der Waals surface area contributed by atoms with Crippen molar-refractivity contribution in [3.8, 4) is 0 Å². The summed E-state index contributed by atoms with van der Waals surface area (Å²) in [4.78, 5) is 18.6. The number of hydrogen-bond donors (Lipinski definition) is 2. The van der Waals surface area contributed by atoms with Crippen molar-refractivity contribution < 1.29 is 4.79 Å². The van der Waals surface area contributed by atoms with Gasteiger partial charge in [0, 0.05) is 20.1 Å². The maximum atomic E-state index is 12.2. The average Bonchev–Trinajstić information content (AvgIpc) is 2.70. The van der Waals surface area contributed by atoms with E-state index in [-0.39, 0.29) is 5.91 Å². The molecule has 18 heavy (non-hydrogen) atoms. The lowest BCUT2D eigenvalue weighted by molar-refractivity contribution is 0.0798. The van der Waals surface area contributed by atoms with E-state index in [1.807, 2.05) is 14.0 Å². The van der Waals surface area contributed by atoms with E-state index in [4.69, 9.17) is 5.73 Å². The van der Waals surface area contributed by atoms with Gasteiger partial charge in [-0.3, -0.25) is 4.79 Å². The van der Waals surface area contributed by atoms with Crippen molar-refractivity contribution in [3.63, 3.8) is 0 Å². The molecule has 3 N–H and O–H groups in total. The summed E-state index contributed by atoms with van der Waals surface area (Å²) in [5.41, 5.74) is 5.78. The Morgan fingerprint density at radius 2 is 2.17 bits per heavy atom. The molecule has 0 bridgehead atoms. The maximum absolute atomic E-state index is 12.2. The highest BCUT2D eigenvalue weighted by molar-refractivity contribution is 7.18. The molecule has 0 radical (unpaired) electrons. The van der Waals surface area contributed by atoms with Gasteiger partial charge in [-0.05, 0) is 13.3 Å². The van der Waals surface area contributed by atoms with Gasteiger partial charge in [0.05, 0.1) is 0 Å². The second kappa shape index (κ2) is 7.20. The molecule has 0 aliphatic rings. The number of nitrogens with zero attached hydrogens (tertiary/aromatic N) is 2. The van der Waals surface area contributed by atoms with Gasteiger partial charge in [-0.2, -0.15) is 0 Å². The third kappa shape index (κ3) is 3.87. The fourth-order valence-electron chi connectivity index (χ4n) is 1.59. The van der Waals surface area contributed by atoms with E-state index in [1.54, 1.807) is 4.90 Å². The molecular formula is C12H22N4OS. The Kier molecular flexibility index (Phi) is 5.91. The third-order valence-corrected chi connectivity index (χ3v) is 3.64. The minimum atomic E-state index is -0.0368. The quantitative estimate of drug-likeness (QED) is 0.746. The van der Waals surface area contributed by atoms with Crippen LogP contribution in [0.1, 0.15) is 42.8 Å². The predicted molar refractivity (Wildman–Crippen MR) is 77.2 cm³/mol. The molecule has 0 saturated carbocycles. The standard InChI is InChI=1S/C12H22N4OS/c1-4-6-7-8-16(3)11(17)9-10(13)15-12(18-9)14-5-2/h4-8,13H2,1-3H3,(H,14,15). The van der Waals surface area contributed by atoms with E-state index in [0.29, 0.717) is 15.8 Å². The predicted octanol–water partition coefficient (Wildman–Crippen LogP) is 2.42. The first-order valence-corrected chi connectivity index (χ1v) is 7.17. The average molecular weight is 270 g/mol. The summed E-state index contributed by atoms with van der Waals surface area (Å²) in [5, 5.41) is 3.78. The van der Waals surface area contributed by atoms with Crippen molar-refractivity contribution in [3.05, 3.63) is 4.88 Å². The van der Waals surface area contributed by atoms with Crippen LogP contribution in [0.3, 0.4) is 0 Å². The van der Waals surface area contributed by atoms with Gasteiger partial charge in [0.1, 0.15) is 10.7 Å². The molecule has 0 aliphatic heterocycles. The van der Waals surface area contributed by atoms with Gasteiger partial charge in [0.2, 0.25) is 0 Å². The number of carbonyl (C=O) groups excluding carboxylic acids is 1. The summed E-state index contributed by atoms with van der Waals surface area (Å²) in [6.45, 7) is 5.66. The molecule has 1 aromatic rings. The van der Waals surface area contributed by atoms with Gasteiger partial charge in [0.15, 0.2) is 5.13 Å². The van der Waals surface area contributed by atoms with Crippen molar-refractivity contribution >= 4 is 28.2 Å². The summed E-state index contributed by atoms with van der Waals surface area (Å²) in [7, 11) is 1.81. The lowest BCUT2D eigenvalue weighted by Gasteiger charge is -2.15. The smallest absolute Gasteiger partial charge is 0.267 e. The number of nitrogen functional groups attached to an aromatic ring is 1. The monoisotopic (exact) mass is 270 g/mol. The molecule has 0 unspecified atom stereocenters. The van der Waals surface area contributed by atoms with E-state index in [9.17, 15) is 4.79 Å². The second-order valence-corrected chi connectivity index (χ2v) is 5.20. The lowest BCUT2D eigenvalue weighted by Crippen LogP contribution is -2.27. The number of amides is 1. The van der Waals surface area contributed by atoms with Crippen molar-refractivity contribution in [2.24, 2.45) is 0 Å². The summed E-state index contributed by atoms with van der Waals surface area (Å²) < 4.78 is 0.